The van der Waals surface area contributed by atoms with Crippen molar-refractivity contribution < 1.29 is 40.3 Å². The predicted octanol–water partition coefficient (Wildman–Crippen LogP) is 5.52. The van der Waals surface area contributed by atoms with Gasteiger partial charge >= 0.3 is 12.1 Å². The van der Waals surface area contributed by atoms with Crippen LogP contribution in [0.15, 0.2) is 47.8 Å². The molecule has 2 aliphatic carbocycles. The molecule has 3 heterocycles. The zero-order valence-electron chi connectivity index (χ0n) is 24.6. The Labute approximate surface area is 271 Å². The molecule has 0 saturated heterocycles. The molecule has 4 aromatic rings. The number of amides is 2. The van der Waals surface area contributed by atoms with Gasteiger partial charge in [-0.1, -0.05) is 35.7 Å². The first kappa shape index (κ1) is 31.7. The van der Waals surface area contributed by atoms with Gasteiger partial charge in [-0.2, -0.15) is 27.1 Å². The van der Waals surface area contributed by atoms with E-state index in [9.17, 15) is 31.5 Å². The van der Waals surface area contributed by atoms with Crippen LogP contribution in [0.3, 0.4) is 0 Å². The monoisotopic (exact) mass is 686 g/mol. The predicted molar refractivity (Wildman–Crippen MR) is 156 cm³/mol. The summed E-state index contributed by atoms with van der Waals surface area (Å²) in [5.41, 5.74) is -1.18. The van der Waals surface area contributed by atoms with E-state index >= 15 is 8.78 Å². The Morgan fingerprint density at radius 3 is 2.56 bits per heavy atom. The number of rotatable bonds is 8. The summed E-state index contributed by atoms with van der Waals surface area (Å²) in [6, 6.07) is 6.53. The molecule has 8 nitrogen and oxygen atoms in total. The first-order valence-corrected chi connectivity index (χ1v) is 15.6. The lowest BCUT2D eigenvalue weighted by molar-refractivity contribution is -0.142. The van der Waals surface area contributed by atoms with E-state index in [-0.39, 0.29) is 28.7 Å². The van der Waals surface area contributed by atoms with Crippen molar-refractivity contribution in [1.29, 1.82) is 0 Å². The van der Waals surface area contributed by atoms with Crippen LogP contribution in [0.4, 0.5) is 30.7 Å². The first-order valence-electron chi connectivity index (χ1n) is 14.4. The molecule has 0 fully saturated rings. The fourth-order valence-electron chi connectivity index (χ4n) is 6.28. The normalized spacial score (nSPS) is 19.0. The van der Waals surface area contributed by atoms with Crippen LogP contribution in [0.2, 0.25) is 0 Å². The van der Waals surface area contributed by atoms with Gasteiger partial charge in [0.15, 0.2) is 10.9 Å². The molecule has 2 N–H and O–H groups in total. The topological polar surface area (TPSA) is 102 Å². The number of hydrogen-bond acceptors (Lipinski definition) is 6. The highest BCUT2D eigenvalue weighted by Gasteiger charge is 2.62. The molecule has 246 valence electrons. The number of hydrogen-bond donors (Lipinski definition) is 2. The average Bonchev–Trinajstić information content (AvgIpc) is 3.59. The number of nitrogens with zero attached hydrogens (tertiary/aromatic N) is 4. The van der Waals surface area contributed by atoms with Crippen molar-refractivity contribution in [2.45, 2.75) is 48.7 Å². The van der Waals surface area contributed by atoms with Crippen LogP contribution in [0, 0.1) is 29.4 Å². The fraction of sp³-hybridized carbons (Fsp3) is 0.281. The lowest BCUT2D eigenvalue weighted by Gasteiger charge is -2.24. The van der Waals surface area contributed by atoms with E-state index in [1.807, 2.05) is 0 Å². The van der Waals surface area contributed by atoms with Gasteiger partial charge in [0.25, 0.3) is 5.91 Å². The molecule has 7 rings (SSSR count). The number of nitrogens with one attached hydrogen (secondary N) is 2. The van der Waals surface area contributed by atoms with Crippen LogP contribution in [0.25, 0.3) is 11.1 Å². The molecule has 1 aliphatic heterocycles. The van der Waals surface area contributed by atoms with E-state index in [0.29, 0.717) is 34.0 Å². The second kappa shape index (κ2) is 11.4. The zero-order valence-corrected chi connectivity index (χ0v) is 25.4. The summed E-state index contributed by atoms with van der Waals surface area (Å²) in [5.74, 6) is -5.42. The lowest BCUT2D eigenvalue weighted by atomic mass is 9.84. The number of halogens is 7. The second-order valence-electron chi connectivity index (χ2n) is 11.4. The molecule has 0 spiro atoms. The maximum absolute atomic E-state index is 15.3. The molecule has 0 saturated carbocycles. The van der Waals surface area contributed by atoms with Gasteiger partial charge in [-0.15, -0.1) is 0 Å². The van der Waals surface area contributed by atoms with Crippen molar-refractivity contribution in [3.8, 4) is 23.0 Å². The summed E-state index contributed by atoms with van der Waals surface area (Å²) in [7, 11) is 0. The summed E-state index contributed by atoms with van der Waals surface area (Å²) < 4.78 is 101. The third kappa shape index (κ3) is 5.35. The van der Waals surface area contributed by atoms with E-state index in [0.717, 1.165) is 29.5 Å². The number of fused-ring (bicyclic) bond motifs is 4. The van der Waals surface area contributed by atoms with Crippen molar-refractivity contribution >= 4 is 23.6 Å². The largest absolute Gasteiger partial charge is 0.435 e. The van der Waals surface area contributed by atoms with Gasteiger partial charge in [0, 0.05) is 35.5 Å². The lowest BCUT2D eigenvalue weighted by Crippen LogP contribution is -2.36. The Kier molecular flexibility index (Phi) is 7.50. The zero-order chi connectivity index (χ0) is 34.1. The van der Waals surface area contributed by atoms with Crippen molar-refractivity contribution in [2.75, 3.05) is 6.26 Å². The van der Waals surface area contributed by atoms with Crippen molar-refractivity contribution in [3.05, 3.63) is 93.6 Å². The van der Waals surface area contributed by atoms with E-state index < -0.39 is 71.0 Å². The highest BCUT2D eigenvalue weighted by atomic mass is 32.2. The van der Waals surface area contributed by atoms with Crippen molar-refractivity contribution in [2.24, 2.45) is 5.92 Å². The Bertz CT molecular complexity index is 2070. The van der Waals surface area contributed by atoms with Crippen LogP contribution in [-0.2, 0) is 36.4 Å². The first-order chi connectivity index (χ1) is 22.7. The van der Waals surface area contributed by atoms with Gasteiger partial charge in [0.1, 0.15) is 29.8 Å². The molecular weight excluding hydrogens is 665 g/mol. The minimum atomic E-state index is -5.09. The van der Waals surface area contributed by atoms with Crippen molar-refractivity contribution in [1.82, 2.24) is 30.4 Å². The summed E-state index contributed by atoms with van der Waals surface area (Å²) in [6.07, 6.45) is -2.24. The number of carbonyl (C=O) groups is 2. The fourth-order valence-corrected chi connectivity index (χ4v) is 6.63. The van der Waals surface area contributed by atoms with E-state index in [2.05, 4.69) is 37.5 Å². The van der Waals surface area contributed by atoms with Crippen LogP contribution < -0.4 is 10.6 Å². The second-order valence-corrected chi connectivity index (χ2v) is 12.2. The highest BCUT2D eigenvalue weighted by Crippen LogP contribution is 2.58. The van der Waals surface area contributed by atoms with Crippen LogP contribution >= 0.6 is 11.8 Å². The van der Waals surface area contributed by atoms with Gasteiger partial charge < -0.3 is 10.6 Å². The molecular formula is C32H21F7N6O2S. The summed E-state index contributed by atoms with van der Waals surface area (Å²) >= 11 is 1.15. The van der Waals surface area contributed by atoms with Gasteiger partial charge in [-0.3, -0.25) is 14.3 Å². The average molecular weight is 687 g/mol. The minimum absolute atomic E-state index is 0.0843. The maximum Gasteiger partial charge on any atom is 0.435 e. The van der Waals surface area contributed by atoms with Gasteiger partial charge in [-0.05, 0) is 47.6 Å². The van der Waals surface area contributed by atoms with Gasteiger partial charge in [0.2, 0.25) is 5.91 Å². The molecule has 3 aliphatic rings. The maximum atomic E-state index is 15.3. The SMILES string of the molecule is CSc1ncc(-c2ccc3c(c2)C(=O)NC3)c([C@H](Cc2cc(F)cc(F)c2)NC(=O)Cn2nc(C(F)(F)F)c3c2C(F)(F)[C@@H]2C#C[C@H]32)n1. The molecule has 2 aromatic heterocycles. The Balaban J connectivity index is 1.29. The van der Waals surface area contributed by atoms with Crippen molar-refractivity contribution in [3.63, 3.8) is 0 Å². The molecule has 0 unspecified atom stereocenters. The van der Waals surface area contributed by atoms with Crippen LogP contribution in [-0.4, -0.2) is 37.8 Å². The quantitative estimate of drug-likeness (QED) is 0.110. The summed E-state index contributed by atoms with van der Waals surface area (Å²) in [6.45, 7) is -0.719. The molecule has 48 heavy (non-hydrogen) atoms. The number of aromatic nitrogens is 4. The molecule has 2 amide bonds. The molecule has 0 radical (unpaired) electrons. The van der Waals surface area contributed by atoms with E-state index in [1.54, 1.807) is 24.5 Å². The van der Waals surface area contributed by atoms with E-state index in [1.165, 1.54) is 6.20 Å². The Hall–Kier alpha value is -4.91. The number of thioether (sulfide) groups is 1. The summed E-state index contributed by atoms with van der Waals surface area (Å²) in [5, 5.41) is 8.97. The van der Waals surface area contributed by atoms with Crippen LogP contribution in [0.5, 0.6) is 0 Å². The molecule has 16 heteroatoms. The smallest absolute Gasteiger partial charge is 0.348 e. The van der Waals surface area contributed by atoms with E-state index in [4.69, 9.17) is 0 Å². The van der Waals surface area contributed by atoms with Crippen LogP contribution in [0.1, 0.15) is 56.1 Å². The standard InChI is InChI=1S/C32H21F7N6O2S/c1-48-30-41-12-21(15-2-3-16-11-40-29(47)20(16)9-15)26(43-30)23(8-14-6-17(33)10-18(34)7-14)42-24(46)13-45-28-25(27(44-45)32(37,38)39)19-4-5-22(19)31(28,35)36/h2-3,6-7,9-10,12,19,22-23H,8,11,13H2,1H3,(H,40,47)(H,42,46)/t19-,22+,23-/m0/s1. The molecule has 0 bridgehead atoms. The Morgan fingerprint density at radius 2 is 1.90 bits per heavy atom. The number of benzene rings is 2. The molecule has 2 aromatic carbocycles. The third-order valence-corrected chi connectivity index (χ3v) is 8.97. The summed E-state index contributed by atoms with van der Waals surface area (Å²) in [4.78, 5) is 34.9. The highest BCUT2D eigenvalue weighted by molar-refractivity contribution is 7.98. The molecule has 3 atom stereocenters. The third-order valence-electron chi connectivity index (χ3n) is 8.41. The van der Waals surface area contributed by atoms with Gasteiger partial charge in [0.05, 0.1) is 17.7 Å². The number of carbonyl (C=O) groups excluding carboxylic acids is 2. The number of alkyl halides is 5. The minimum Gasteiger partial charge on any atom is -0.348 e. The van der Waals surface area contributed by atoms with Gasteiger partial charge in [-0.25, -0.2) is 18.7 Å². The Morgan fingerprint density at radius 1 is 1.15 bits per heavy atom.